The van der Waals surface area contributed by atoms with Gasteiger partial charge in [0.25, 0.3) is 0 Å². The van der Waals surface area contributed by atoms with Crippen LogP contribution in [-0.4, -0.2) is 61.2 Å². The van der Waals surface area contributed by atoms with E-state index in [0.717, 1.165) is 6.04 Å². The predicted molar refractivity (Wildman–Crippen MR) is 82.6 cm³/mol. The Labute approximate surface area is 119 Å². The Morgan fingerprint density at radius 2 is 1.89 bits per heavy atom. The van der Waals surface area contributed by atoms with Crippen molar-refractivity contribution in [1.29, 1.82) is 0 Å². The minimum Gasteiger partial charge on any atom is -0.314 e. The Bertz CT molecular complexity index is 261. The van der Waals surface area contributed by atoms with E-state index in [4.69, 9.17) is 0 Å². The average molecular weight is 267 g/mol. The van der Waals surface area contributed by atoms with Crippen molar-refractivity contribution in [2.45, 2.75) is 64.0 Å². The molecule has 0 aromatic heterocycles. The van der Waals surface area contributed by atoms with Crippen molar-refractivity contribution in [2.75, 3.05) is 39.8 Å². The third kappa shape index (κ3) is 3.93. The van der Waals surface area contributed by atoms with E-state index in [9.17, 15) is 0 Å². The third-order valence-corrected chi connectivity index (χ3v) is 5.50. The van der Waals surface area contributed by atoms with Crippen LogP contribution in [0.2, 0.25) is 0 Å². The molecule has 1 atom stereocenters. The Morgan fingerprint density at radius 3 is 2.47 bits per heavy atom. The van der Waals surface area contributed by atoms with Gasteiger partial charge in [-0.25, -0.2) is 0 Å². The van der Waals surface area contributed by atoms with Gasteiger partial charge in [-0.05, 0) is 39.8 Å². The minimum absolute atomic E-state index is 0.448. The van der Waals surface area contributed by atoms with Crippen molar-refractivity contribution < 1.29 is 0 Å². The lowest BCUT2D eigenvalue weighted by atomic mass is 9.79. The minimum atomic E-state index is 0.448. The van der Waals surface area contributed by atoms with Gasteiger partial charge in [-0.3, -0.25) is 4.90 Å². The van der Waals surface area contributed by atoms with Crippen LogP contribution in [0, 0.1) is 0 Å². The topological polar surface area (TPSA) is 18.5 Å². The normalized spacial score (nSPS) is 29.5. The first-order chi connectivity index (χ1) is 9.19. The summed E-state index contributed by atoms with van der Waals surface area (Å²) in [5.74, 6) is 0. The van der Waals surface area contributed by atoms with Crippen molar-refractivity contribution >= 4 is 0 Å². The van der Waals surface area contributed by atoms with Gasteiger partial charge < -0.3 is 10.2 Å². The number of nitrogens with zero attached hydrogens (tertiary/aromatic N) is 2. The highest BCUT2D eigenvalue weighted by Crippen LogP contribution is 2.31. The van der Waals surface area contributed by atoms with E-state index in [1.54, 1.807) is 0 Å². The highest BCUT2D eigenvalue weighted by atomic mass is 15.3. The van der Waals surface area contributed by atoms with Crippen molar-refractivity contribution in [2.24, 2.45) is 0 Å². The van der Waals surface area contributed by atoms with Crippen LogP contribution in [0.15, 0.2) is 0 Å². The molecule has 3 heteroatoms. The van der Waals surface area contributed by atoms with E-state index in [-0.39, 0.29) is 0 Å². The molecule has 1 aliphatic carbocycles. The highest BCUT2D eigenvalue weighted by Gasteiger charge is 2.31. The summed E-state index contributed by atoms with van der Waals surface area (Å²) < 4.78 is 0. The number of hydrogen-bond donors (Lipinski definition) is 1. The van der Waals surface area contributed by atoms with Gasteiger partial charge in [-0.1, -0.05) is 26.2 Å². The summed E-state index contributed by atoms with van der Waals surface area (Å²) in [5, 5.41) is 3.65. The van der Waals surface area contributed by atoms with Crippen LogP contribution in [0.4, 0.5) is 0 Å². The fourth-order valence-electron chi connectivity index (χ4n) is 3.97. The molecule has 0 amide bonds. The van der Waals surface area contributed by atoms with Gasteiger partial charge in [0.15, 0.2) is 0 Å². The lowest BCUT2D eigenvalue weighted by molar-refractivity contribution is 0.0769. The molecule has 0 radical (unpaired) electrons. The molecule has 2 aliphatic rings. The first-order valence-corrected chi connectivity index (χ1v) is 8.34. The van der Waals surface area contributed by atoms with Crippen molar-refractivity contribution in [3.05, 3.63) is 0 Å². The molecule has 0 bridgehead atoms. The number of rotatable bonds is 5. The average Bonchev–Trinajstić information content (AvgIpc) is 2.46. The molecule has 0 aromatic carbocycles. The van der Waals surface area contributed by atoms with E-state index >= 15 is 0 Å². The molecule has 1 unspecified atom stereocenters. The SMILES string of the molecule is CCN1CCN(CCC2(NC)CCCCC2)CC1C. The quantitative estimate of drug-likeness (QED) is 0.825. The van der Waals surface area contributed by atoms with Gasteiger partial charge in [0.2, 0.25) is 0 Å². The lowest BCUT2D eigenvalue weighted by Gasteiger charge is -2.42. The van der Waals surface area contributed by atoms with Gasteiger partial charge >= 0.3 is 0 Å². The molecule has 1 saturated heterocycles. The fraction of sp³-hybridized carbons (Fsp3) is 1.00. The van der Waals surface area contributed by atoms with Crippen LogP contribution >= 0.6 is 0 Å². The Morgan fingerprint density at radius 1 is 1.16 bits per heavy atom. The van der Waals surface area contributed by atoms with Crippen LogP contribution in [0.3, 0.4) is 0 Å². The summed E-state index contributed by atoms with van der Waals surface area (Å²) in [6.45, 7) is 10.9. The summed E-state index contributed by atoms with van der Waals surface area (Å²) in [4.78, 5) is 5.29. The largest absolute Gasteiger partial charge is 0.314 e. The summed E-state index contributed by atoms with van der Waals surface area (Å²) >= 11 is 0. The molecule has 1 saturated carbocycles. The van der Waals surface area contributed by atoms with E-state index in [1.165, 1.54) is 71.2 Å². The van der Waals surface area contributed by atoms with E-state index in [2.05, 4.69) is 36.0 Å². The molecule has 0 aromatic rings. The molecule has 1 heterocycles. The molecule has 0 spiro atoms. The molecule has 1 aliphatic heterocycles. The van der Waals surface area contributed by atoms with Gasteiger partial charge in [0, 0.05) is 37.8 Å². The molecular weight excluding hydrogens is 234 g/mol. The van der Waals surface area contributed by atoms with Crippen LogP contribution in [0.1, 0.15) is 52.4 Å². The van der Waals surface area contributed by atoms with Crippen LogP contribution in [0.5, 0.6) is 0 Å². The summed E-state index contributed by atoms with van der Waals surface area (Å²) in [6, 6.07) is 0.732. The maximum Gasteiger partial charge on any atom is 0.0195 e. The zero-order chi connectivity index (χ0) is 13.7. The molecule has 19 heavy (non-hydrogen) atoms. The fourth-order valence-corrected chi connectivity index (χ4v) is 3.97. The Kier molecular flexibility index (Phi) is 5.67. The highest BCUT2D eigenvalue weighted by molar-refractivity contribution is 4.91. The molecular formula is C16H33N3. The maximum absolute atomic E-state index is 3.65. The third-order valence-electron chi connectivity index (χ3n) is 5.50. The number of hydrogen-bond acceptors (Lipinski definition) is 3. The summed E-state index contributed by atoms with van der Waals surface area (Å²) in [6.07, 6.45) is 8.38. The van der Waals surface area contributed by atoms with Crippen LogP contribution < -0.4 is 5.32 Å². The number of piperazine rings is 1. The predicted octanol–water partition coefficient (Wildman–Crippen LogP) is 2.32. The van der Waals surface area contributed by atoms with Gasteiger partial charge in [0.05, 0.1) is 0 Å². The van der Waals surface area contributed by atoms with Crippen molar-refractivity contribution in [3.8, 4) is 0 Å². The standard InChI is InChI=1S/C16H33N3/c1-4-19-13-12-18(14-15(19)2)11-10-16(17-3)8-6-5-7-9-16/h15,17H,4-14H2,1-3H3. The zero-order valence-electron chi connectivity index (χ0n) is 13.2. The smallest absolute Gasteiger partial charge is 0.0195 e. The van der Waals surface area contributed by atoms with Crippen LogP contribution in [0.25, 0.3) is 0 Å². The monoisotopic (exact) mass is 267 g/mol. The second kappa shape index (κ2) is 7.05. The summed E-state index contributed by atoms with van der Waals surface area (Å²) in [7, 11) is 2.17. The second-order valence-corrected chi connectivity index (χ2v) is 6.62. The van der Waals surface area contributed by atoms with Crippen molar-refractivity contribution in [3.63, 3.8) is 0 Å². The van der Waals surface area contributed by atoms with Gasteiger partial charge in [-0.15, -0.1) is 0 Å². The maximum atomic E-state index is 3.65. The van der Waals surface area contributed by atoms with Gasteiger partial charge in [-0.2, -0.15) is 0 Å². The Hall–Kier alpha value is -0.120. The zero-order valence-corrected chi connectivity index (χ0v) is 13.2. The molecule has 2 fully saturated rings. The lowest BCUT2D eigenvalue weighted by Crippen LogP contribution is -2.53. The van der Waals surface area contributed by atoms with Crippen molar-refractivity contribution in [1.82, 2.24) is 15.1 Å². The summed E-state index contributed by atoms with van der Waals surface area (Å²) in [5.41, 5.74) is 0.448. The molecule has 3 nitrogen and oxygen atoms in total. The molecule has 1 N–H and O–H groups in total. The Balaban J connectivity index is 1.78. The van der Waals surface area contributed by atoms with Gasteiger partial charge in [0.1, 0.15) is 0 Å². The van der Waals surface area contributed by atoms with E-state index in [0.29, 0.717) is 5.54 Å². The van der Waals surface area contributed by atoms with Crippen LogP contribution in [-0.2, 0) is 0 Å². The number of likely N-dealkylation sites (N-methyl/N-ethyl adjacent to an activating group) is 1. The number of nitrogens with one attached hydrogen (secondary N) is 1. The first-order valence-electron chi connectivity index (χ1n) is 8.34. The van der Waals surface area contributed by atoms with E-state index < -0.39 is 0 Å². The first kappa shape index (κ1) is 15.3. The molecule has 2 rings (SSSR count). The van der Waals surface area contributed by atoms with E-state index in [1.807, 2.05) is 0 Å². The second-order valence-electron chi connectivity index (χ2n) is 6.62. The molecule has 112 valence electrons.